The minimum Gasteiger partial charge on any atom is -0.497 e. The molecule has 2 rings (SSSR count). The fourth-order valence-electron chi connectivity index (χ4n) is 2.19. The van der Waals surface area contributed by atoms with Gasteiger partial charge in [0.2, 0.25) is 0 Å². The average Bonchev–Trinajstić information content (AvgIpc) is 3.24. The number of methoxy groups -OCH3 is 1. The van der Waals surface area contributed by atoms with Crippen LogP contribution in [0, 0.1) is 5.92 Å². The van der Waals surface area contributed by atoms with Crippen LogP contribution >= 0.6 is 0 Å². The van der Waals surface area contributed by atoms with E-state index in [1.807, 2.05) is 24.3 Å². The molecule has 0 N–H and O–H groups in total. The summed E-state index contributed by atoms with van der Waals surface area (Å²) >= 11 is 0. The van der Waals surface area contributed by atoms with Crippen LogP contribution in [0.4, 0.5) is 0 Å². The molecule has 3 heteroatoms. The summed E-state index contributed by atoms with van der Waals surface area (Å²) in [5.74, 6) is 2.48. The van der Waals surface area contributed by atoms with Crippen molar-refractivity contribution in [2.24, 2.45) is 5.92 Å². The van der Waals surface area contributed by atoms with Crippen molar-refractivity contribution in [1.82, 2.24) is 0 Å². The number of ether oxygens (including phenoxy) is 3. The number of epoxide rings is 1. The minimum atomic E-state index is 0.524. The monoisotopic (exact) mass is 250 g/mol. The molecule has 0 amide bonds. The van der Waals surface area contributed by atoms with Gasteiger partial charge in [-0.3, -0.25) is 0 Å². The molecule has 1 fully saturated rings. The molecule has 0 unspecified atom stereocenters. The van der Waals surface area contributed by atoms with Crippen LogP contribution in [0.5, 0.6) is 11.5 Å². The largest absolute Gasteiger partial charge is 0.497 e. The predicted octanol–water partition coefficient (Wildman–Crippen LogP) is 3.28. The Morgan fingerprint density at radius 2 is 1.94 bits per heavy atom. The first kappa shape index (κ1) is 13.2. The van der Waals surface area contributed by atoms with Crippen molar-refractivity contribution >= 4 is 0 Å². The maximum absolute atomic E-state index is 5.70. The van der Waals surface area contributed by atoms with Gasteiger partial charge in [-0.2, -0.15) is 0 Å². The predicted molar refractivity (Wildman–Crippen MR) is 71.2 cm³/mol. The van der Waals surface area contributed by atoms with Gasteiger partial charge in [0.05, 0.1) is 26.4 Å². The van der Waals surface area contributed by atoms with Gasteiger partial charge in [0.1, 0.15) is 11.5 Å². The molecule has 0 aromatic heterocycles. The van der Waals surface area contributed by atoms with Gasteiger partial charge in [-0.15, -0.1) is 0 Å². The Bertz CT molecular complexity index is 343. The average molecular weight is 250 g/mol. The molecule has 0 bridgehead atoms. The first-order chi connectivity index (χ1) is 8.83. The summed E-state index contributed by atoms with van der Waals surface area (Å²) in [6, 6.07) is 7.73. The Balaban J connectivity index is 1.64. The lowest BCUT2D eigenvalue weighted by Gasteiger charge is -2.12. The Morgan fingerprint density at radius 3 is 2.50 bits per heavy atom. The topological polar surface area (TPSA) is 31.0 Å². The van der Waals surface area contributed by atoms with Gasteiger partial charge in [-0.25, -0.2) is 0 Å². The van der Waals surface area contributed by atoms with Crippen LogP contribution in [0.15, 0.2) is 24.3 Å². The van der Waals surface area contributed by atoms with Crippen molar-refractivity contribution in [1.29, 1.82) is 0 Å². The zero-order chi connectivity index (χ0) is 12.8. The molecule has 18 heavy (non-hydrogen) atoms. The highest BCUT2D eigenvalue weighted by molar-refractivity contribution is 5.31. The first-order valence-electron chi connectivity index (χ1n) is 6.72. The van der Waals surface area contributed by atoms with Crippen molar-refractivity contribution in [2.75, 3.05) is 20.3 Å². The van der Waals surface area contributed by atoms with Gasteiger partial charge in [0.15, 0.2) is 0 Å². The molecule has 1 saturated heterocycles. The molecule has 1 aliphatic heterocycles. The molecule has 1 heterocycles. The van der Waals surface area contributed by atoms with Crippen molar-refractivity contribution in [3.05, 3.63) is 24.3 Å². The van der Waals surface area contributed by atoms with Gasteiger partial charge in [-0.1, -0.05) is 13.3 Å². The fraction of sp³-hybridized carbons (Fsp3) is 0.600. The van der Waals surface area contributed by atoms with E-state index in [2.05, 4.69) is 6.92 Å². The maximum Gasteiger partial charge on any atom is 0.119 e. The first-order valence-corrected chi connectivity index (χ1v) is 6.72. The van der Waals surface area contributed by atoms with Crippen molar-refractivity contribution in [2.45, 2.75) is 32.3 Å². The highest BCUT2D eigenvalue weighted by atomic mass is 16.6. The lowest BCUT2D eigenvalue weighted by atomic mass is 9.97. The van der Waals surface area contributed by atoms with Crippen LogP contribution in [0.3, 0.4) is 0 Å². The molecular formula is C15H22O3. The second-order valence-electron chi connectivity index (χ2n) is 4.71. The summed E-state index contributed by atoms with van der Waals surface area (Å²) in [6.45, 7) is 3.96. The van der Waals surface area contributed by atoms with Crippen LogP contribution in [0.1, 0.15) is 26.2 Å². The summed E-state index contributed by atoms with van der Waals surface area (Å²) in [7, 11) is 1.67. The molecule has 0 radical (unpaired) electrons. The van der Waals surface area contributed by atoms with Gasteiger partial charge >= 0.3 is 0 Å². The third-order valence-electron chi connectivity index (χ3n) is 3.46. The molecular weight excluding hydrogens is 228 g/mol. The van der Waals surface area contributed by atoms with E-state index >= 15 is 0 Å². The quantitative estimate of drug-likeness (QED) is 0.524. The number of hydrogen-bond donors (Lipinski definition) is 0. The summed E-state index contributed by atoms with van der Waals surface area (Å²) in [5.41, 5.74) is 0. The third kappa shape index (κ3) is 3.91. The fourth-order valence-corrected chi connectivity index (χ4v) is 2.19. The smallest absolute Gasteiger partial charge is 0.119 e. The van der Waals surface area contributed by atoms with E-state index in [1.54, 1.807) is 7.11 Å². The second-order valence-corrected chi connectivity index (χ2v) is 4.71. The molecule has 0 saturated carbocycles. The molecule has 1 aliphatic rings. The van der Waals surface area contributed by atoms with Crippen molar-refractivity contribution in [3.8, 4) is 11.5 Å². The van der Waals surface area contributed by atoms with E-state index in [0.29, 0.717) is 12.0 Å². The van der Waals surface area contributed by atoms with E-state index in [0.717, 1.165) is 31.1 Å². The number of rotatable bonds is 8. The molecule has 1 aromatic carbocycles. The van der Waals surface area contributed by atoms with Gasteiger partial charge < -0.3 is 14.2 Å². The summed E-state index contributed by atoms with van der Waals surface area (Å²) < 4.78 is 16.2. The Labute approximate surface area is 109 Å². The molecule has 0 aliphatic carbocycles. The molecule has 0 spiro atoms. The van der Waals surface area contributed by atoms with Crippen molar-refractivity contribution in [3.63, 3.8) is 0 Å². The lowest BCUT2D eigenvalue weighted by molar-refractivity contribution is 0.263. The molecule has 2 atom stereocenters. The van der Waals surface area contributed by atoms with Crippen LogP contribution in [0.25, 0.3) is 0 Å². The van der Waals surface area contributed by atoms with Crippen LogP contribution in [0.2, 0.25) is 0 Å². The van der Waals surface area contributed by atoms with Crippen LogP contribution < -0.4 is 9.47 Å². The molecule has 100 valence electrons. The van der Waals surface area contributed by atoms with Gasteiger partial charge in [0, 0.05) is 0 Å². The van der Waals surface area contributed by atoms with E-state index in [4.69, 9.17) is 14.2 Å². The van der Waals surface area contributed by atoms with Crippen molar-refractivity contribution < 1.29 is 14.2 Å². The summed E-state index contributed by atoms with van der Waals surface area (Å²) in [4.78, 5) is 0. The minimum absolute atomic E-state index is 0.524. The highest BCUT2D eigenvalue weighted by Gasteiger charge is 2.30. The van der Waals surface area contributed by atoms with Gasteiger partial charge in [-0.05, 0) is 43.0 Å². The van der Waals surface area contributed by atoms with E-state index < -0.39 is 0 Å². The van der Waals surface area contributed by atoms with Gasteiger partial charge in [0.25, 0.3) is 0 Å². The number of hydrogen-bond acceptors (Lipinski definition) is 3. The Hall–Kier alpha value is -1.22. The Morgan fingerprint density at radius 1 is 1.28 bits per heavy atom. The second kappa shape index (κ2) is 6.64. The van der Waals surface area contributed by atoms with E-state index in [-0.39, 0.29) is 0 Å². The maximum atomic E-state index is 5.70. The van der Waals surface area contributed by atoms with E-state index in [9.17, 15) is 0 Å². The van der Waals surface area contributed by atoms with Crippen LogP contribution in [-0.4, -0.2) is 26.4 Å². The standard InChI is InChI=1S/C15H22O3/c1-3-12(15-11-18-15)5-4-10-17-14-8-6-13(16-2)7-9-14/h6-9,12,15H,3-5,10-11H2,1-2H3/t12-,15-/m1/s1. The zero-order valence-electron chi connectivity index (χ0n) is 11.2. The number of benzene rings is 1. The molecule has 3 nitrogen and oxygen atoms in total. The summed E-state index contributed by atoms with van der Waals surface area (Å²) in [6.07, 6.45) is 4.01. The SMILES string of the molecule is CC[C@H](CCCOc1ccc(OC)cc1)[C@H]1CO1. The lowest BCUT2D eigenvalue weighted by Crippen LogP contribution is -2.09. The summed E-state index contributed by atoms with van der Waals surface area (Å²) in [5, 5.41) is 0. The highest BCUT2D eigenvalue weighted by Crippen LogP contribution is 2.27. The third-order valence-corrected chi connectivity index (χ3v) is 3.46. The zero-order valence-corrected chi connectivity index (χ0v) is 11.2. The molecule has 1 aromatic rings. The Kier molecular flexibility index (Phi) is 4.88. The van der Waals surface area contributed by atoms with Crippen LogP contribution in [-0.2, 0) is 4.74 Å². The normalized spacial score (nSPS) is 19.3. The van der Waals surface area contributed by atoms with E-state index in [1.165, 1.54) is 12.8 Å².